The lowest BCUT2D eigenvalue weighted by atomic mass is 10.1. The fourth-order valence-electron chi connectivity index (χ4n) is 2.15. The SMILES string of the molecule is CCCCCCCCCCCC(=O)N(CC#N)CC#N. The summed E-state index contributed by atoms with van der Waals surface area (Å²) in [5.41, 5.74) is 0. The Morgan fingerprint density at radius 1 is 0.850 bits per heavy atom. The zero-order valence-electron chi connectivity index (χ0n) is 12.7. The highest BCUT2D eigenvalue weighted by atomic mass is 16.2. The molecule has 0 spiro atoms. The van der Waals surface area contributed by atoms with Gasteiger partial charge in [0.25, 0.3) is 0 Å². The molecule has 112 valence electrons. The van der Waals surface area contributed by atoms with E-state index in [0.29, 0.717) is 6.42 Å². The van der Waals surface area contributed by atoms with E-state index in [1.807, 2.05) is 12.1 Å². The lowest BCUT2D eigenvalue weighted by molar-refractivity contribution is -0.130. The summed E-state index contributed by atoms with van der Waals surface area (Å²) >= 11 is 0. The minimum Gasteiger partial charge on any atom is -0.316 e. The van der Waals surface area contributed by atoms with Crippen molar-refractivity contribution >= 4 is 5.91 Å². The fourth-order valence-corrected chi connectivity index (χ4v) is 2.15. The van der Waals surface area contributed by atoms with E-state index in [0.717, 1.165) is 12.8 Å². The maximum Gasteiger partial charge on any atom is 0.224 e. The van der Waals surface area contributed by atoms with E-state index in [4.69, 9.17) is 10.5 Å². The number of unbranched alkanes of at least 4 members (excludes halogenated alkanes) is 8. The molecule has 4 heteroatoms. The first-order chi connectivity index (χ1) is 9.76. The number of amides is 1. The summed E-state index contributed by atoms with van der Waals surface area (Å²) in [7, 11) is 0. The summed E-state index contributed by atoms with van der Waals surface area (Å²) < 4.78 is 0. The maximum absolute atomic E-state index is 11.8. The Morgan fingerprint density at radius 2 is 1.30 bits per heavy atom. The standard InChI is InChI=1S/C16H27N3O/c1-2-3-4-5-6-7-8-9-10-11-16(20)19(14-12-17)15-13-18/h2-11,14-15H2,1H3. The van der Waals surface area contributed by atoms with E-state index in [-0.39, 0.29) is 19.0 Å². The van der Waals surface area contributed by atoms with Crippen LogP contribution in [0.5, 0.6) is 0 Å². The fraction of sp³-hybridized carbons (Fsp3) is 0.812. The molecule has 4 nitrogen and oxygen atoms in total. The van der Waals surface area contributed by atoms with E-state index >= 15 is 0 Å². The molecule has 0 bridgehead atoms. The molecular weight excluding hydrogens is 250 g/mol. The summed E-state index contributed by atoms with van der Waals surface area (Å²) in [5.74, 6) is -0.0731. The molecule has 0 aliphatic carbocycles. The van der Waals surface area contributed by atoms with E-state index < -0.39 is 0 Å². The van der Waals surface area contributed by atoms with Gasteiger partial charge < -0.3 is 4.90 Å². The molecule has 0 aromatic carbocycles. The predicted molar refractivity (Wildman–Crippen MR) is 79.7 cm³/mol. The Labute approximate surface area is 123 Å². The van der Waals surface area contributed by atoms with Crippen LogP contribution in [-0.2, 0) is 4.79 Å². The normalized spacial score (nSPS) is 9.75. The predicted octanol–water partition coefficient (Wildman–Crippen LogP) is 3.78. The van der Waals surface area contributed by atoms with Crippen molar-refractivity contribution in [3.63, 3.8) is 0 Å². The van der Waals surface area contributed by atoms with Crippen molar-refractivity contribution in [3.05, 3.63) is 0 Å². The van der Waals surface area contributed by atoms with E-state index in [9.17, 15) is 4.79 Å². The first-order valence-electron chi connectivity index (χ1n) is 7.78. The largest absolute Gasteiger partial charge is 0.316 e. The Bertz CT molecular complexity index is 312. The van der Waals surface area contributed by atoms with Crippen molar-refractivity contribution in [2.45, 2.75) is 71.1 Å². The summed E-state index contributed by atoms with van der Waals surface area (Å²) in [6, 6.07) is 3.85. The second kappa shape index (κ2) is 13.9. The van der Waals surface area contributed by atoms with Gasteiger partial charge in [-0.2, -0.15) is 10.5 Å². The third kappa shape index (κ3) is 10.4. The first-order valence-corrected chi connectivity index (χ1v) is 7.78. The zero-order chi connectivity index (χ0) is 15.1. The van der Waals surface area contributed by atoms with Crippen molar-refractivity contribution in [3.8, 4) is 12.1 Å². The number of carbonyl (C=O) groups excluding carboxylic acids is 1. The third-order valence-electron chi connectivity index (χ3n) is 3.37. The summed E-state index contributed by atoms with van der Waals surface area (Å²) in [6.45, 7) is 2.26. The van der Waals surface area contributed by atoms with Crippen LogP contribution in [0.1, 0.15) is 71.1 Å². The van der Waals surface area contributed by atoms with Gasteiger partial charge in [0, 0.05) is 6.42 Å². The van der Waals surface area contributed by atoms with Crippen LogP contribution in [0.15, 0.2) is 0 Å². The monoisotopic (exact) mass is 277 g/mol. The van der Waals surface area contributed by atoms with Crippen molar-refractivity contribution < 1.29 is 4.79 Å². The molecule has 0 unspecified atom stereocenters. The van der Waals surface area contributed by atoms with Gasteiger partial charge in [0.15, 0.2) is 0 Å². The van der Waals surface area contributed by atoms with Crippen LogP contribution in [0.4, 0.5) is 0 Å². The highest BCUT2D eigenvalue weighted by molar-refractivity contribution is 5.76. The average molecular weight is 277 g/mol. The van der Waals surface area contributed by atoms with Gasteiger partial charge in [-0.25, -0.2) is 0 Å². The Kier molecular flexibility index (Phi) is 12.8. The molecule has 0 rings (SSSR count). The number of hydrogen-bond donors (Lipinski definition) is 0. The van der Waals surface area contributed by atoms with Crippen LogP contribution in [0, 0.1) is 22.7 Å². The second-order valence-corrected chi connectivity index (χ2v) is 5.14. The van der Waals surface area contributed by atoms with E-state index in [2.05, 4.69) is 6.92 Å². The van der Waals surface area contributed by atoms with E-state index in [1.54, 1.807) is 0 Å². The zero-order valence-corrected chi connectivity index (χ0v) is 12.7. The lowest BCUT2D eigenvalue weighted by Crippen LogP contribution is -2.31. The van der Waals surface area contributed by atoms with Crippen molar-refractivity contribution in [1.82, 2.24) is 4.90 Å². The molecule has 0 heterocycles. The Morgan fingerprint density at radius 3 is 1.75 bits per heavy atom. The Hall–Kier alpha value is -1.55. The molecule has 0 atom stereocenters. The molecule has 0 saturated carbocycles. The maximum atomic E-state index is 11.8. The number of rotatable bonds is 12. The summed E-state index contributed by atoms with van der Waals surface area (Å²) in [6.07, 6.45) is 11.4. The quantitative estimate of drug-likeness (QED) is 0.402. The highest BCUT2D eigenvalue weighted by Gasteiger charge is 2.11. The van der Waals surface area contributed by atoms with Crippen molar-refractivity contribution in [2.24, 2.45) is 0 Å². The van der Waals surface area contributed by atoms with Crippen LogP contribution in [0.25, 0.3) is 0 Å². The molecule has 0 aliphatic rings. The average Bonchev–Trinajstić information content (AvgIpc) is 2.45. The number of nitrogens with zero attached hydrogens (tertiary/aromatic N) is 3. The molecule has 0 aromatic rings. The van der Waals surface area contributed by atoms with Crippen LogP contribution < -0.4 is 0 Å². The molecule has 20 heavy (non-hydrogen) atoms. The van der Waals surface area contributed by atoms with E-state index in [1.165, 1.54) is 49.8 Å². The molecule has 0 fully saturated rings. The van der Waals surface area contributed by atoms with Crippen LogP contribution in [-0.4, -0.2) is 23.9 Å². The van der Waals surface area contributed by atoms with Gasteiger partial charge in [-0.3, -0.25) is 4.79 Å². The van der Waals surface area contributed by atoms with Gasteiger partial charge in [0.2, 0.25) is 5.91 Å². The molecule has 0 N–H and O–H groups in total. The molecule has 0 saturated heterocycles. The molecule has 0 aromatic heterocycles. The molecular formula is C16H27N3O. The molecule has 0 radical (unpaired) electrons. The minimum atomic E-state index is -0.0731. The summed E-state index contributed by atoms with van der Waals surface area (Å²) in [4.78, 5) is 13.1. The summed E-state index contributed by atoms with van der Waals surface area (Å²) in [5, 5.41) is 17.2. The van der Waals surface area contributed by atoms with Gasteiger partial charge in [0.1, 0.15) is 13.1 Å². The van der Waals surface area contributed by atoms with Crippen LogP contribution >= 0.6 is 0 Å². The first kappa shape index (κ1) is 18.4. The third-order valence-corrected chi connectivity index (χ3v) is 3.37. The van der Waals surface area contributed by atoms with Crippen molar-refractivity contribution in [1.29, 1.82) is 10.5 Å². The smallest absolute Gasteiger partial charge is 0.224 e. The van der Waals surface area contributed by atoms with Gasteiger partial charge in [0.05, 0.1) is 12.1 Å². The Balaban J connectivity index is 3.51. The minimum absolute atomic E-state index is 0.0177. The van der Waals surface area contributed by atoms with Crippen molar-refractivity contribution in [2.75, 3.05) is 13.1 Å². The lowest BCUT2D eigenvalue weighted by Gasteiger charge is -2.15. The number of hydrogen-bond acceptors (Lipinski definition) is 3. The molecule has 1 amide bonds. The van der Waals surface area contributed by atoms with Gasteiger partial charge in [-0.1, -0.05) is 58.3 Å². The molecule has 0 aliphatic heterocycles. The second-order valence-electron chi connectivity index (χ2n) is 5.14. The van der Waals surface area contributed by atoms with Gasteiger partial charge in [-0.05, 0) is 6.42 Å². The topological polar surface area (TPSA) is 67.9 Å². The van der Waals surface area contributed by atoms with Gasteiger partial charge in [-0.15, -0.1) is 0 Å². The van der Waals surface area contributed by atoms with Gasteiger partial charge >= 0.3 is 0 Å². The highest BCUT2D eigenvalue weighted by Crippen LogP contribution is 2.11. The number of nitriles is 2. The van der Waals surface area contributed by atoms with Crippen LogP contribution in [0.3, 0.4) is 0 Å². The van der Waals surface area contributed by atoms with Crippen LogP contribution in [0.2, 0.25) is 0 Å². The number of carbonyl (C=O) groups is 1.